The number of aromatic amines is 1. The van der Waals surface area contributed by atoms with Crippen molar-refractivity contribution in [2.75, 3.05) is 11.9 Å². The molecule has 4 N–H and O–H groups in total. The van der Waals surface area contributed by atoms with Crippen molar-refractivity contribution >= 4 is 22.5 Å². The molecule has 3 aromatic carbocycles. The first-order chi connectivity index (χ1) is 14.2. The summed E-state index contributed by atoms with van der Waals surface area (Å²) in [7, 11) is 0. The lowest BCUT2D eigenvalue weighted by molar-refractivity contribution is -0.117. The van der Waals surface area contributed by atoms with Crippen molar-refractivity contribution in [1.82, 2.24) is 10.2 Å². The highest BCUT2D eigenvalue weighted by Gasteiger charge is 2.20. The number of carbonyl (C=O) groups is 1. The van der Waals surface area contributed by atoms with Crippen LogP contribution in [0.3, 0.4) is 0 Å². The number of halogens is 1. The zero-order chi connectivity index (χ0) is 20.2. The second-order valence-electron chi connectivity index (χ2n) is 6.87. The molecule has 0 spiro atoms. The van der Waals surface area contributed by atoms with Gasteiger partial charge in [0.15, 0.2) is 0 Å². The second-order valence-corrected chi connectivity index (χ2v) is 6.87. The van der Waals surface area contributed by atoms with Crippen molar-refractivity contribution in [3.8, 4) is 11.3 Å². The zero-order valence-electron chi connectivity index (χ0n) is 15.7. The van der Waals surface area contributed by atoms with Gasteiger partial charge in [0.2, 0.25) is 5.91 Å². The first-order valence-corrected chi connectivity index (χ1v) is 9.45. The van der Waals surface area contributed by atoms with Crippen LogP contribution in [0.4, 0.5) is 10.1 Å². The molecule has 0 radical (unpaired) electrons. The Balaban J connectivity index is 1.64. The summed E-state index contributed by atoms with van der Waals surface area (Å²) in [5.41, 5.74) is 9.43. The number of fused-ring (bicyclic) bond motifs is 1. The number of rotatable bonds is 6. The fourth-order valence-corrected chi connectivity index (χ4v) is 3.48. The maximum absolute atomic E-state index is 13.6. The minimum Gasteiger partial charge on any atom is -0.330 e. The highest BCUT2D eigenvalue weighted by Crippen LogP contribution is 2.29. The summed E-state index contributed by atoms with van der Waals surface area (Å²) in [6.07, 6.45) is 0.554. The van der Waals surface area contributed by atoms with Gasteiger partial charge in [-0.25, -0.2) is 4.39 Å². The Hall–Kier alpha value is -3.51. The molecule has 146 valence electrons. The van der Waals surface area contributed by atoms with Crippen LogP contribution in [0, 0.1) is 5.82 Å². The Labute approximate surface area is 167 Å². The number of nitrogens with zero attached hydrogens (tertiary/aromatic N) is 1. The predicted molar refractivity (Wildman–Crippen MR) is 113 cm³/mol. The van der Waals surface area contributed by atoms with Crippen molar-refractivity contribution in [2.45, 2.75) is 12.3 Å². The van der Waals surface area contributed by atoms with Crippen LogP contribution in [0.5, 0.6) is 0 Å². The summed E-state index contributed by atoms with van der Waals surface area (Å²) in [4.78, 5) is 12.9. The van der Waals surface area contributed by atoms with Gasteiger partial charge in [0.25, 0.3) is 0 Å². The van der Waals surface area contributed by atoms with E-state index < -0.39 is 0 Å². The van der Waals surface area contributed by atoms with Gasteiger partial charge in [-0.1, -0.05) is 42.5 Å². The van der Waals surface area contributed by atoms with Crippen LogP contribution in [0.15, 0.2) is 72.8 Å². The standard InChI is InChI=1S/C23H21FN4O/c24-17-8-4-7-16(13-17)22-20-14-18(9-10-21(20)27-28-22)26-23(29)19(11-12-25)15-5-2-1-3-6-15/h1-10,13-14,19H,11-12,25H2,(H,26,29)(H,27,28). The number of anilines is 1. The largest absolute Gasteiger partial charge is 0.330 e. The van der Waals surface area contributed by atoms with Crippen LogP contribution in [0.2, 0.25) is 0 Å². The van der Waals surface area contributed by atoms with E-state index in [-0.39, 0.29) is 17.6 Å². The number of benzene rings is 3. The summed E-state index contributed by atoms with van der Waals surface area (Å²) in [6, 6.07) is 21.4. The van der Waals surface area contributed by atoms with Crippen LogP contribution in [0.25, 0.3) is 22.2 Å². The van der Waals surface area contributed by atoms with Crippen molar-refractivity contribution in [3.63, 3.8) is 0 Å². The average molecular weight is 388 g/mol. The SMILES string of the molecule is NCCC(C(=O)Nc1ccc2[nH]nc(-c3cccc(F)c3)c2c1)c1ccccc1. The first-order valence-electron chi connectivity index (χ1n) is 9.45. The van der Waals surface area contributed by atoms with Gasteiger partial charge >= 0.3 is 0 Å². The van der Waals surface area contributed by atoms with Crippen LogP contribution in [-0.2, 0) is 4.79 Å². The number of aromatic nitrogens is 2. The fraction of sp³-hybridized carbons (Fsp3) is 0.130. The van der Waals surface area contributed by atoms with Gasteiger partial charge in [-0.2, -0.15) is 5.10 Å². The number of hydrogen-bond acceptors (Lipinski definition) is 3. The van der Waals surface area contributed by atoms with Gasteiger partial charge in [-0.15, -0.1) is 0 Å². The Morgan fingerprint density at radius 1 is 1.07 bits per heavy atom. The van der Waals surface area contributed by atoms with E-state index in [2.05, 4.69) is 15.5 Å². The lowest BCUT2D eigenvalue weighted by Gasteiger charge is -2.16. The molecular weight excluding hydrogens is 367 g/mol. The Morgan fingerprint density at radius 2 is 1.90 bits per heavy atom. The number of H-pyrrole nitrogens is 1. The van der Waals surface area contributed by atoms with Crippen molar-refractivity contribution in [2.24, 2.45) is 5.73 Å². The maximum Gasteiger partial charge on any atom is 0.231 e. The number of amides is 1. The number of hydrogen-bond donors (Lipinski definition) is 3. The van der Waals surface area contributed by atoms with E-state index in [1.54, 1.807) is 12.1 Å². The van der Waals surface area contributed by atoms with E-state index in [0.29, 0.717) is 29.9 Å². The summed E-state index contributed by atoms with van der Waals surface area (Å²) in [6.45, 7) is 0.414. The fourth-order valence-electron chi connectivity index (χ4n) is 3.48. The van der Waals surface area contributed by atoms with Crippen LogP contribution < -0.4 is 11.1 Å². The maximum atomic E-state index is 13.6. The van der Waals surface area contributed by atoms with E-state index in [4.69, 9.17) is 5.73 Å². The number of carbonyl (C=O) groups excluding carboxylic acids is 1. The molecular formula is C23H21FN4O. The van der Waals surface area contributed by atoms with Gasteiger partial charge in [-0.05, 0) is 48.9 Å². The molecule has 0 bridgehead atoms. The molecule has 0 fully saturated rings. The topological polar surface area (TPSA) is 83.8 Å². The van der Waals surface area contributed by atoms with Gasteiger partial charge < -0.3 is 11.1 Å². The average Bonchev–Trinajstić information content (AvgIpc) is 3.16. The van der Waals surface area contributed by atoms with Gasteiger partial charge in [0.05, 0.1) is 11.4 Å². The van der Waals surface area contributed by atoms with Crippen molar-refractivity contribution in [3.05, 3.63) is 84.2 Å². The van der Waals surface area contributed by atoms with E-state index in [1.165, 1.54) is 12.1 Å². The Morgan fingerprint density at radius 3 is 2.66 bits per heavy atom. The Bertz CT molecular complexity index is 1140. The smallest absolute Gasteiger partial charge is 0.231 e. The molecule has 0 saturated heterocycles. The van der Waals surface area contributed by atoms with Gasteiger partial charge in [0.1, 0.15) is 11.5 Å². The highest BCUT2D eigenvalue weighted by molar-refractivity contribution is 6.00. The molecule has 6 heteroatoms. The van der Waals surface area contributed by atoms with Crippen LogP contribution in [-0.4, -0.2) is 22.6 Å². The van der Waals surface area contributed by atoms with Gasteiger partial charge in [0, 0.05) is 16.6 Å². The zero-order valence-corrected chi connectivity index (χ0v) is 15.7. The number of nitrogens with two attached hydrogens (primary N) is 1. The molecule has 1 unspecified atom stereocenters. The first kappa shape index (κ1) is 18.8. The third-order valence-corrected chi connectivity index (χ3v) is 4.90. The minimum absolute atomic E-state index is 0.114. The summed E-state index contributed by atoms with van der Waals surface area (Å²) >= 11 is 0. The summed E-state index contributed by atoms with van der Waals surface area (Å²) < 4.78 is 13.6. The molecule has 5 nitrogen and oxygen atoms in total. The molecule has 0 aliphatic carbocycles. The van der Waals surface area contributed by atoms with Gasteiger partial charge in [-0.3, -0.25) is 9.89 Å². The Kier molecular flexibility index (Phi) is 5.35. The molecule has 29 heavy (non-hydrogen) atoms. The monoisotopic (exact) mass is 388 g/mol. The molecule has 1 heterocycles. The van der Waals surface area contributed by atoms with E-state index in [9.17, 15) is 9.18 Å². The normalized spacial score (nSPS) is 12.1. The number of nitrogens with one attached hydrogen (secondary N) is 2. The third-order valence-electron chi connectivity index (χ3n) is 4.90. The highest BCUT2D eigenvalue weighted by atomic mass is 19.1. The van der Waals surface area contributed by atoms with Crippen LogP contribution >= 0.6 is 0 Å². The molecule has 4 rings (SSSR count). The molecule has 1 aromatic heterocycles. The molecule has 4 aromatic rings. The van der Waals surface area contributed by atoms with Crippen molar-refractivity contribution < 1.29 is 9.18 Å². The molecule has 1 amide bonds. The molecule has 0 saturated carbocycles. The molecule has 0 aliphatic heterocycles. The van der Waals surface area contributed by atoms with E-state index in [1.807, 2.05) is 48.5 Å². The van der Waals surface area contributed by atoms with Crippen molar-refractivity contribution in [1.29, 1.82) is 0 Å². The summed E-state index contributed by atoms with van der Waals surface area (Å²) in [5.74, 6) is -0.767. The molecule has 1 atom stereocenters. The van der Waals surface area contributed by atoms with Crippen LogP contribution in [0.1, 0.15) is 17.9 Å². The minimum atomic E-state index is -0.330. The predicted octanol–water partition coefficient (Wildman–Crippen LogP) is 4.44. The second kappa shape index (κ2) is 8.24. The third kappa shape index (κ3) is 4.02. The lowest BCUT2D eigenvalue weighted by Crippen LogP contribution is -2.23. The lowest BCUT2D eigenvalue weighted by atomic mass is 9.94. The van der Waals surface area contributed by atoms with E-state index in [0.717, 1.165) is 16.5 Å². The van der Waals surface area contributed by atoms with E-state index >= 15 is 0 Å². The quantitative estimate of drug-likeness (QED) is 0.457. The molecule has 0 aliphatic rings. The summed E-state index contributed by atoms with van der Waals surface area (Å²) in [5, 5.41) is 11.1.